The topological polar surface area (TPSA) is 85.1 Å². The van der Waals surface area contributed by atoms with Gasteiger partial charge in [-0.15, -0.1) is 16.4 Å². The van der Waals surface area contributed by atoms with Crippen molar-refractivity contribution in [3.8, 4) is 0 Å². The van der Waals surface area contributed by atoms with Crippen LogP contribution in [0.1, 0.15) is 16.1 Å². The molecule has 0 saturated carbocycles. The van der Waals surface area contributed by atoms with Crippen LogP contribution in [0, 0.1) is 0 Å². The lowest BCUT2D eigenvalue weighted by Crippen LogP contribution is -2.08. The number of hydrogen-bond donors (Lipinski definition) is 1. The molecule has 0 unspecified atom stereocenters. The fraction of sp³-hybridized carbons (Fsp3) is 0.0909. The first-order valence-electron chi connectivity index (χ1n) is 5.25. The van der Waals surface area contributed by atoms with Crippen LogP contribution in [-0.4, -0.2) is 31.9 Å². The van der Waals surface area contributed by atoms with E-state index in [0.29, 0.717) is 19.9 Å². The number of thiophene rings is 1. The second kappa shape index (κ2) is 6.17. The summed E-state index contributed by atoms with van der Waals surface area (Å²) in [5.74, 6) is -1.34. The molecule has 0 spiro atoms. The molecule has 2 heterocycles. The first kappa shape index (κ1) is 14.7. The number of carboxylic acids is 1. The number of carboxylic acid groups (broad SMARTS) is 1. The van der Waals surface area contributed by atoms with Gasteiger partial charge in [-0.25, -0.2) is 4.68 Å². The minimum Gasteiger partial charge on any atom is -0.480 e. The number of nitrogens with zero attached hydrogens (tertiary/aromatic N) is 3. The lowest BCUT2D eigenvalue weighted by atomic mass is 10.2. The van der Waals surface area contributed by atoms with Gasteiger partial charge in [-0.1, -0.05) is 28.4 Å². The number of rotatable bonds is 5. The van der Waals surface area contributed by atoms with Gasteiger partial charge in [0.2, 0.25) is 0 Å². The predicted octanol–water partition coefficient (Wildman–Crippen LogP) is 2.63. The maximum Gasteiger partial charge on any atom is 0.325 e. The van der Waals surface area contributed by atoms with E-state index in [0.717, 1.165) is 16.0 Å². The number of hydrogen-bond acceptors (Lipinski definition) is 5. The third-order valence-electron chi connectivity index (χ3n) is 2.18. The molecule has 0 aliphatic rings. The van der Waals surface area contributed by atoms with Crippen molar-refractivity contribution in [3.05, 3.63) is 38.3 Å². The summed E-state index contributed by atoms with van der Waals surface area (Å²) >= 11 is 12.7. The summed E-state index contributed by atoms with van der Waals surface area (Å²) in [5.41, 5.74) is 0.688. The predicted molar refractivity (Wildman–Crippen MR) is 75.4 cm³/mol. The lowest BCUT2D eigenvalue weighted by molar-refractivity contribution is -0.137. The van der Waals surface area contributed by atoms with Crippen LogP contribution in [0.25, 0.3) is 6.08 Å². The van der Waals surface area contributed by atoms with E-state index in [2.05, 4.69) is 10.3 Å². The summed E-state index contributed by atoms with van der Waals surface area (Å²) in [7, 11) is 0. The maximum absolute atomic E-state index is 11.9. The Kier molecular flexibility index (Phi) is 4.53. The summed E-state index contributed by atoms with van der Waals surface area (Å²) in [6, 6.07) is 1.49. The average Bonchev–Trinajstić information content (AvgIpc) is 2.92. The molecule has 0 fully saturated rings. The molecule has 2 aromatic heterocycles. The third-order valence-corrected chi connectivity index (χ3v) is 3.67. The van der Waals surface area contributed by atoms with E-state index in [-0.39, 0.29) is 12.3 Å². The van der Waals surface area contributed by atoms with Gasteiger partial charge in [-0.2, -0.15) is 0 Å². The summed E-state index contributed by atoms with van der Waals surface area (Å²) in [6.45, 7) is -0.291. The van der Waals surface area contributed by atoms with Crippen LogP contribution in [0.5, 0.6) is 0 Å². The summed E-state index contributed by atoms with van der Waals surface area (Å²) in [4.78, 5) is 22.3. The standard InChI is InChI=1S/C11H7Cl2N3O3S/c12-9-3-7(11(13)20-9)8(17)2-1-6-4-16(15-14-6)5-10(18)19/h1-4H,5H2,(H,18,19). The number of allylic oxidation sites excluding steroid dienone is 1. The first-order valence-corrected chi connectivity index (χ1v) is 6.82. The highest BCUT2D eigenvalue weighted by Gasteiger charge is 2.11. The van der Waals surface area contributed by atoms with E-state index >= 15 is 0 Å². The zero-order valence-corrected chi connectivity index (χ0v) is 12.1. The van der Waals surface area contributed by atoms with Crippen molar-refractivity contribution in [2.24, 2.45) is 0 Å². The Morgan fingerprint density at radius 1 is 1.45 bits per heavy atom. The largest absolute Gasteiger partial charge is 0.480 e. The molecule has 6 nitrogen and oxygen atoms in total. The molecule has 2 rings (SSSR count). The molecule has 0 amide bonds. The molecule has 20 heavy (non-hydrogen) atoms. The van der Waals surface area contributed by atoms with E-state index in [4.69, 9.17) is 28.3 Å². The van der Waals surface area contributed by atoms with Gasteiger partial charge in [0.15, 0.2) is 5.78 Å². The zero-order valence-electron chi connectivity index (χ0n) is 9.79. The number of halogens is 2. The number of carbonyl (C=O) groups excluding carboxylic acids is 1. The van der Waals surface area contributed by atoms with Crippen LogP contribution < -0.4 is 0 Å². The Balaban J connectivity index is 2.09. The van der Waals surface area contributed by atoms with E-state index < -0.39 is 5.97 Å². The van der Waals surface area contributed by atoms with Gasteiger partial charge >= 0.3 is 5.97 Å². The Bertz CT molecular complexity index is 693. The Morgan fingerprint density at radius 2 is 2.20 bits per heavy atom. The summed E-state index contributed by atoms with van der Waals surface area (Å²) in [6.07, 6.45) is 4.12. The van der Waals surface area contributed by atoms with Crippen LogP contribution >= 0.6 is 34.5 Å². The van der Waals surface area contributed by atoms with Gasteiger partial charge in [0.05, 0.1) is 16.1 Å². The minimum atomic E-state index is -1.03. The Labute approximate surface area is 127 Å². The molecule has 9 heteroatoms. The van der Waals surface area contributed by atoms with Crippen molar-refractivity contribution < 1.29 is 14.7 Å². The maximum atomic E-state index is 11.9. The van der Waals surface area contributed by atoms with Crippen molar-refractivity contribution in [2.75, 3.05) is 0 Å². The summed E-state index contributed by atoms with van der Waals surface area (Å²) in [5, 5.41) is 15.9. The van der Waals surface area contributed by atoms with Crippen LogP contribution in [0.3, 0.4) is 0 Å². The smallest absolute Gasteiger partial charge is 0.325 e. The van der Waals surface area contributed by atoms with Crippen LogP contribution in [0.2, 0.25) is 8.67 Å². The molecule has 0 saturated heterocycles. The quantitative estimate of drug-likeness (QED) is 0.672. The average molecular weight is 332 g/mol. The SMILES string of the molecule is O=C(O)Cn1cc(C=CC(=O)c2cc(Cl)sc2Cl)nn1. The normalized spacial score (nSPS) is 11.1. The minimum absolute atomic E-state index is 0.291. The monoisotopic (exact) mass is 331 g/mol. The zero-order chi connectivity index (χ0) is 14.7. The van der Waals surface area contributed by atoms with E-state index in [1.807, 2.05) is 0 Å². The fourth-order valence-electron chi connectivity index (χ4n) is 1.36. The van der Waals surface area contributed by atoms with E-state index in [1.165, 1.54) is 24.4 Å². The molecule has 104 valence electrons. The highest BCUT2D eigenvalue weighted by Crippen LogP contribution is 2.31. The molecule has 0 aromatic carbocycles. The molecule has 0 aliphatic carbocycles. The Hall–Kier alpha value is -1.70. The van der Waals surface area contributed by atoms with Crippen molar-refractivity contribution in [3.63, 3.8) is 0 Å². The van der Waals surface area contributed by atoms with Crippen LogP contribution in [0.4, 0.5) is 0 Å². The second-order valence-electron chi connectivity index (χ2n) is 3.67. The fourth-order valence-corrected chi connectivity index (χ4v) is 2.84. The van der Waals surface area contributed by atoms with Gasteiger partial charge in [0.25, 0.3) is 0 Å². The van der Waals surface area contributed by atoms with E-state index in [1.54, 1.807) is 0 Å². The second-order valence-corrected chi connectivity index (χ2v) is 5.96. The van der Waals surface area contributed by atoms with Gasteiger partial charge in [-0.05, 0) is 18.2 Å². The highest BCUT2D eigenvalue weighted by molar-refractivity contribution is 7.20. The third kappa shape index (κ3) is 3.66. The van der Waals surface area contributed by atoms with Crippen molar-refractivity contribution in [2.45, 2.75) is 6.54 Å². The number of aromatic nitrogens is 3. The van der Waals surface area contributed by atoms with Crippen molar-refractivity contribution in [1.82, 2.24) is 15.0 Å². The van der Waals surface area contributed by atoms with Gasteiger partial charge < -0.3 is 5.11 Å². The molecule has 1 N–H and O–H groups in total. The molecule has 0 atom stereocenters. The lowest BCUT2D eigenvalue weighted by Gasteiger charge is -1.91. The highest BCUT2D eigenvalue weighted by atomic mass is 35.5. The van der Waals surface area contributed by atoms with Crippen LogP contribution in [0.15, 0.2) is 18.3 Å². The first-order chi connectivity index (χ1) is 9.45. The number of carbonyl (C=O) groups is 2. The summed E-state index contributed by atoms with van der Waals surface area (Å²) < 4.78 is 1.90. The molecule has 2 aromatic rings. The van der Waals surface area contributed by atoms with Gasteiger partial charge in [0.1, 0.15) is 16.6 Å². The van der Waals surface area contributed by atoms with Crippen molar-refractivity contribution >= 4 is 52.4 Å². The molecular formula is C11H7Cl2N3O3S. The molecule has 0 aliphatic heterocycles. The van der Waals surface area contributed by atoms with E-state index in [9.17, 15) is 9.59 Å². The van der Waals surface area contributed by atoms with Crippen molar-refractivity contribution in [1.29, 1.82) is 0 Å². The van der Waals surface area contributed by atoms with Gasteiger partial charge in [0, 0.05) is 0 Å². The number of ketones is 1. The molecular weight excluding hydrogens is 325 g/mol. The molecule has 0 bridgehead atoms. The van der Waals surface area contributed by atoms with Crippen LogP contribution in [-0.2, 0) is 11.3 Å². The van der Waals surface area contributed by atoms with Gasteiger partial charge in [-0.3, -0.25) is 9.59 Å². The Morgan fingerprint density at radius 3 is 2.80 bits per heavy atom. The molecule has 0 radical (unpaired) electrons. The number of aliphatic carboxylic acids is 1.